The Hall–Kier alpha value is -2.39. The van der Waals surface area contributed by atoms with E-state index in [4.69, 9.17) is 11.6 Å². The molecule has 4 heteroatoms. The third-order valence-corrected chi connectivity index (χ3v) is 4.24. The van der Waals surface area contributed by atoms with E-state index in [-0.39, 0.29) is 0 Å². The summed E-state index contributed by atoms with van der Waals surface area (Å²) in [4.78, 5) is 24.4. The highest BCUT2D eigenvalue weighted by molar-refractivity contribution is 6.37. The lowest BCUT2D eigenvalue weighted by Gasteiger charge is -2.26. The second-order valence-electron chi connectivity index (χ2n) is 5.68. The number of methoxy groups -OCH3 is 1. The number of ether oxygens (including phenoxy) is 1. The Balaban J connectivity index is 2.32. The fourth-order valence-electron chi connectivity index (χ4n) is 2.47. The quantitative estimate of drug-likeness (QED) is 0.575. The van der Waals surface area contributed by atoms with E-state index in [1.165, 1.54) is 7.11 Å². The Morgan fingerprint density at radius 1 is 1.08 bits per heavy atom. The number of esters is 1. The molecule has 0 spiro atoms. The zero-order chi connectivity index (χ0) is 17.6. The first-order valence-electron chi connectivity index (χ1n) is 7.58. The topological polar surface area (TPSA) is 43.4 Å². The lowest BCUT2D eigenvalue weighted by atomic mass is 9.75. The van der Waals surface area contributed by atoms with Gasteiger partial charge in [-0.25, -0.2) is 4.79 Å². The van der Waals surface area contributed by atoms with Gasteiger partial charge in [-0.2, -0.15) is 0 Å². The summed E-state index contributed by atoms with van der Waals surface area (Å²) in [6.45, 7) is 1.74. The minimum Gasteiger partial charge on any atom is -0.463 e. The van der Waals surface area contributed by atoms with Crippen LogP contribution < -0.4 is 0 Å². The van der Waals surface area contributed by atoms with Crippen LogP contribution in [0.25, 0.3) is 6.08 Å². The molecule has 0 aliphatic carbocycles. The molecule has 1 atom stereocenters. The fourth-order valence-corrected chi connectivity index (χ4v) is 2.60. The maximum Gasteiger partial charge on any atom is 0.375 e. The van der Waals surface area contributed by atoms with E-state index in [1.54, 1.807) is 31.2 Å². The standard InChI is InChI=1S/C20H19ClO3/c1-20(18(22)19(23)24-2,16-10-12-17(21)13-11-16)14-6-9-15-7-4-3-5-8-15/h3-13H,14H2,1-2H3/b9-6+. The Kier molecular flexibility index (Phi) is 5.93. The number of Topliss-reactive ketones (excluding diaryl/α,β-unsaturated/α-hetero) is 1. The molecular formula is C20H19ClO3. The predicted octanol–water partition coefficient (Wildman–Crippen LogP) is 4.44. The minimum atomic E-state index is -1.01. The van der Waals surface area contributed by atoms with Gasteiger partial charge in [-0.05, 0) is 36.6 Å². The molecule has 3 nitrogen and oxygen atoms in total. The van der Waals surface area contributed by atoms with Gasteiger partial charge in [0.25, 0.3) is 5.78 Å². The minimum absolute atomic E-state index is 0.372. The summed E-state index contributed by atoms with van der Waals surface area (Å²) in [5.74, 6) is -1.43. The normalized spacial score (nSPS) is 13.5. The van der Waals surface area contributed by atoms with Crippen LogP contribution in [0, 0.1) is 0 Å². The Labute approximate surface area is 146 Å². The molecule has 0 radical (unpaired) electrons. The number of hydrogen-bond acceptors (Lipinski definition) is 3. The molecule has 2 aromatic rings. The van der Waals surface area contributed by atoms with Crippen LogP contribution in [0.5, 0.6) is 0 Å². The molecule has 0 saturated heterocycles. The Morgan fingerprint density at radius 2 is 1.71 bits per heavy atom. The lowest BCUT2D eigenvalue weighted by molar-refractivity contribution is -0.154. The summed E-state index contributed by atoms with van der Waals surface area (Å²) in [6, 6.07) is 16.7. The van der Waals surface area contributed by atoms with Gasteiger partial charge in [0.1, 0.15) is 0 Å². The van der Waals surface area contributed by atoms with Gasteiger partial charge in [0.15, 0.2) is 0 Å². The monoisotopic (exact) mass is 342 g/mol. The van der Waals surface area contributed by atoms with Crippen LogP contribution in [0.15, 0.2) is 60.7 Å². The zero-order valence-corrected chi connectivity index (χ0v) is 14.4. The summed E-state index contributed by atoms with van der Waals surface area (Å²) in [5.41, 5.74) is 0.740. The summed E-state index contributed by atoms with van der Waals surface area (Å²) in [5, 5.41) is 0.575. The zero-order valence-electron chi connectivity index (χ0n) is 13.7. The third-order valence-electron chi connectivity index (χ3n) is 3.99. The van der Waals surface area contributed by atoms with Gasteiger partial charge < -0.3 is 4.74 Å². The van der Waals surface area contributed by atoms with Gasteiger partial charge in [0.05, 0.1) is 12.5 Å². The van der Waals surface area contributed by atoms with E-state index < -0.39 is 17.2 Å². The smallest absolute Gasteiger partial charge is 0.375 e. The van der Waals surface area contributed by atoms with Gasteiger partial charge in [-0.3, -0.25) is 4.79 Å². The molecule has 1 unspecified atom stereocenters. The maximum absolute atomic E-state index is 12.6. The van der Waals surface area contributed by atoms with Crippen molar-refractivity contribution in [3.63, 3.8) is 0 Å². The highest BCUT2D eigenvalue weighted by Crippen LogP contribution is 2.31. The van der Waals surface area contributed by atoms with E-state index in [2.05, 4.69) is 4.74 Å². The van der Waals surface area contributed by atoms with Crippen molar-refractivity contribution in [2.75, 3.05) is 7.11 Å². The van der Waals surface area contributed by atoms with E-state index >= 15 is 0 Å². The Morgan fingerprint density at radius 3 is 2.29 bits per heavy atom. The second-order valence-corrected chi connectivity index (χ2v) is 6.11. The van der Waals surface area contributed by atoms with Crippen LogP contribution in [-0.2, 0) is 19.7 Å². The van der Waals surface area contributed by atoms with Crippen LogP contribution in [0.4, 0.5) is 0 Å². The van der Waals surface area contributed by atoms with Crippen LogP contribution >= 0.6 is 11.6 Å². The molecule has 0 bridgehead atoms. The van der Waals surface area contributed by atoms with Crippen LogP contribution in [0.1, 0.15) is 24.5 Å². The molecular weight excluding hydrogens is 324 g/mol. The molecule has 24 heavy (non-hydrogen) atoms. The van der Waals surface area contributed by atoms with Crippen molar-refractivity contribution < 1.29 is 14.3 Å². The molecule has 0 N–H and O–H groups in total. The van der Waals surface area contributed by atoms with Gasteiger partial charge in [0.2, 0.25) is 0 Å². The van der Waals surface area contributed by atoms with Crippen LogP contribution in [0.3, 0.4) is 0 Å². The van der Waals surface area contributed by atoms with Gasteiger partial charge in [-0.1, -0.05) is 66.2 Å². The molecule has 0 fully saturated rings. The highest BCUT2D eigenvalue weighted by atomic mass is 35.5. The number of halogens is 1. The van der Waals surface area contributed by atoms with Gasteiger partial charge >= 0.3 is 5.97 Å². The number of carbonyl (C=O) groups excluding carboxylic acids is 2. The first-order valence-corrected chi connectivity index (χ1v) is 7.95. The SMILES string of the molecule is COC(=O)C(=O)C(C)(C/C=C/c1ccccc1)c1ccc(Cl)cc1. The second kappa shape index (κ2) is 7.93. The van der Waals surface area contributed by atoms with E-state index in [9.17, 15) is 9.59 Å². The summed E-state index contributed by atoms with van der Waals surface area (Å²) < 4.78 is 4.63. The fraction of sp³-hybridized carbons (Fsp3) is 0.200. The molecule has 124 valence electrons. The molecule has 0 aromatic heterocycles. The van der Waals surface area contributed by atoms with Crippen molar-refractivity contribution >= 4 is 29.4 Å². The van der Waals surface area contributed by atoms with Crippen LogP contribution in [-0.4, -0.2) is 18.9 Å². The van der Waals surface area contributed by atoms with Crippen molar-refractivity contribution in [1.82, 2.24) is 0 Å². The van der Waals surface area contributed by atoms with E-state index in [0.717, 1.165) is 11.1 Å². The molecule has 0 aliphatic heterocycles. The van der Waals surface area contributed by atoms with Crippen molar-refractivity contribution in [2.24, 2.45) is 0 Å². The number of hydrogen-bond donors (Lipinski definition) is 0. The summed E-state index contributed by atoms with van der Waals surface area (Å²) >= 11 is 5.93. The average molecular weight is 343 g/mol. The average Bonchev–Trinajstić information content (AvgIpc) is 2.61. The summed E-state index contributed by atoms with van der Waals surface area (Å²) in [6.07, 6.45) is 4.20. The van der Waals surface area contributed by atoms with Crippen molar-refractivity contribution in [3.05, 3.63) is 76.8 Å². The number of benzene rings is 2. The van der Waals surface area contributed by atoms with Gasteiger partial charge in [0, 0.05) is 5.02 Å². The van der Waals surface area contributed by atoms with Crippen LogP contribution in [0.2, 0.25) is 5.02 Å². The Bertz CT molecular complexity index is 735. The third kappa shape index (κ3) is 4.12. The number of allylic oxidation sites excluding steroid dienone is 1. The van der Waals surface area contributed by atoms with E-state index in [0.29, 0.717) is 11.4 Å². The van der Waals surface area contributed by atoms with Crippen molar-refractivity contribution in [2.45, 2.75) is 18.8 Å². The molecule has 0 aliphatic rings. The first kappa shape index (κ1) is 18.0. The van der Waals surface area contributed by atoms with Gasteiger partial charge in [-0.15, -0.1) is 0 Å². The molecule has 2 rings (SSSR count). The largest absolute Gasteiger partial charge is 0.463 e. The molecule has 0 saturated carbocycles. The highest BCUT2D eigenvalue weighted by Gasteiger charge is 2.39. The lowest BCUT2D eigenvalue weighted by Crippen LogP contribution is -2.38. The number of ketones is 1. The molecule has 2 aromatic carbocycles. The summed E-state index contributed by atoms with van der Waals surface area (Å²) in [7, 11) is 1.21. The first-order chi connectivity index (χ1) is 11.5. The van der Waals surface area contributed by atoms with Crippen molar-refractivity contribution in [3.8, 4) is 0 Å². The molecule has 0 heterocycles. The van der Waals surface area contributed by atoms with Crippen molar-refractivity contribution in [1.29, 1.82) is 0 Å². The molecule has 0 amide bonds. The number of rotatable bonds is 6. The number of carbonyl (C=O) groups is 2. The maximum atomic E-state index is 12.6. The van der Waals surface area contributed by atoms with E-state index in [1.807, 2.05) is 42.5 Å². The predicted molar refractivity (Wildman–Crippen MR) is 95.9 cm³/mol.